The van der Waals surface area contributed by atoms with E-state index in [-0.39, 0.29) is 11.8 Å². The van der Waals surface area contributed by atoms with Crippen molar-refractivity contribution in [2.75, 3.05) is 19.8 Å². The Balaban J connectivity index is 2.06. The van der Waals surface area contributed by atoms with Crippen molar-refractivity contribution in [3.8, 4) is 0 Å². The van der Waals surface area contributed by atoms with E-state index in [0.717, 1.165) is 25.0 Å². The minimum atomic E-state index is -0.278. The molecule has 0 unspecified atom stereocenters. The van der Waals surface area contributed by atoms with Crippen LogP contribution in [0.1, 0.15) is 25.3 Å². The average molecular weight is 268 g/mol. The third kappa shape index (κ3) is 7.41. The Morgan fingerprint density at radius 3 is 2.63 bits per heavy atom. The van der Waals surface area contributed by atoms with Crippen molar-refractivity contribution in [1.29, 1.82) is 0 Å². The Kier molecular flexibility index (Phi) is 7.58. The maximum Gasteiger partial charge on any atom is 0.315 e. The van der Waals surface area contributed by atoms with Crippen molar-refractivity contribution in [3.05, 3.63) is 35.6 Å². The van der Waals surface area contributed by atoms with Gasteiger partial charge in [0.25, 0.3) is 0 Å². The fourth-order valence-corrected chi connectivity index (χ4v) is 1.47. The highest BCUT2D eigenvalue weighted by atomic mass is 19.1. The van der Waals surface area contributed by atoms with Gasteiger partial charge >= 0.3 is 6.03 Å². The maximum absolute atomic E-state index is 12.7. The average Bonchev–Trinajstić information content (AvgIpc) is 2.42. The fraction of sp³-hybridized carbons (Fsp3) is 0.500. The van der Waals surface area contributed by atoms with E-state index in [9.17, 15) is 9.18 Å². The molecule has 106 valence electrons. The third-order valence-electron chi connectivity index (χ3n) is 2.47. The fourth-order valence-electron chi connectivity index (χ4n) is 1.47. The van der Waals surface area contributed by atoms with E-state index in [2.05, 4.69) is 17.6 Å². The highest BCUT2D eigenvalue weighted by molar-refractivity contribution is 5.73. The van der Waals surface area contributed by atoms with Crippen LogP contribution in [0.4, 0.5) is 9.18 Å². The number of hydrogen-bond donors (Lipinski definition) is 2. The van der Waals surface area contributed by atoms with Gasteiger partial charge in [-0.1, -0.05) is 19.1 Å². The van der Waals surface area contributed by atoms with Gasteiger partial charge in [-0.15, -0.1) is 0 Å². The molecule has 0 radical (unpaired) electrons. The molecule has 0 bridgehead atoms. The molecule has 1 aromatic rings. The van der Waals surface area contributed by atoms with Gasteiger partial charge in [-0.3, -0.25) is 0 Å². The van der Waals surface area contributed by atoms with E-state index in [1.807, 2.05) is 0 Å². The highest BCUT2D eigenvalue weighted by Gasteiger charge is 2.00. The van der Waals surface area contributed by atoms with Crippen LogP contribution in [0, 0.1) is 5.82 Å². The van der Waals surface area contributed by atoms with Gasteiger partial charge in [0, 0.05) is 26.3 Å². The molecule has 0 saturated heterocycles. The largest absolute Gasteiger partial charge is 0.381 e. The van der Waals surface area contributed by atoms with Gasteiger partial charge in [0.05, 0.1) is 0 Å². The summed E-state index contributed by atoms with van der Waals surface area (Å²) < 4.78 is 18.0. The normalized spacial score (nSPS) is 10.2. The Morgan fingerprint density at radius 1 is 1.21 bits per heavy atom. The van der Waals surface area contributed by atoms with Crippen LogP contribution >= 0.6 is 0 Å². The molecule has 0 atom stereocenters. The van der Waals surface area contributed by atoms with Crippen LogP contribution in [0.5, 0.6) is 0 Å². The Morgan fingerprint density at radius 2 is 1.95 bits per heavy atom. The van der Waals surface area contributed by atoms with E-state index in [4.69, 9.17) is 4.74 Å². The minimum Gasteiger partial charge on any atom is -0.381 e. The molecule has 0 fully saturated rings. The molecule has 5 heteroatoms. The van der Waals surface area contributed by atoms with Crippen molar-refractivity contribution in [1.82, 2.24) is 10.6 Å². The van der Waals surface area contributed by atoms with E-state index >= 15 is 0 Å². The first kappa shape index (κ1) is 15.4. The van der Waals surface area contributed by atoms with Crippen LogP contribution in [0.3, 0.4) is 0 Å². The van der Waals surface area contributed by atoms with Gasteiger partial charge in [-0.05, 0) is 30.5 Å². The number of rotatable bonds is 8. The molecule has 0 aliphatic heterocycles. The lowest BCUT2D eigenvalue weighted by Gasteiger charge is -2.08. The second-order valence-corrected chi connectivity index (χ2v) is 4.20. The molecular weight excluding hydrogens is 247 g/mol. The smallest absolute Gasteiger partial charge is 0.315 e. The van der Waals surface area contributed by atoms with Gasteiger partial charge in [-0.2, -0.15) is 0 Å². The summed E-state index contributed by atoms with van der Waals surface area (Å²) in [6.45, 7) is 4.45. The molecule has 0 heterocycles. The lowest BCUT2D eigenvalue weighted by atomic mass is 10.2. The highest BCUT2D eigenvalue weighted by Crippen LogP contribution is 2.01. The van der Waals surface area contributed by atoms with Crippen LogP contribution in [0.15, 0.2) is 24.3 Å². The lowest BCUT2D eigenvalue weighted by Crippen LogP contribution is -2.35. The summed E-state index contributed by atoms with van der Waals surface area (Å²) in [6.07, 6.45) is 1.80. The molecule has 0 spiro atoms. The Bertz CT molecular complexity index is 368. The molecule has 0 aliphatic rings. The Labute approximate surface area is 113 Å². The topological polar surface area (TPSA) is 50.4 Å². The van der Waals surface area contributed by atoms with Crippen molar-refractivity contribution >= 4 is 6.03 Å². The lowest BCUT2D eigenvalue weighted by molar-refractivity contribution is 0.132. The number of carbonyl (C=O) groups excluding carboxylic acids is 1. The van der Waals surface area contributed by atoms with Gasteiger partial charge in [-0.25, -0.2) is 9.18 Å². The zero-order chi connectivity index (χ0) is 13.9. The number of ether oxygens (including phenoxy) is 1. The molecule has 1 aromatic carbocycles. The number of amides is 2. The van der Waals surface area contributed by atoms with Crippen molar-refractivity contribution in [3.63, 3.8) is 0 Å². The second-order valence-electron chi connectivity index (χ2n) is 4.20. The second kappa shape index (κ2) is 9.33. The molecule has 2 N–H and O–H groups in total. The monoisotopic (exact) mass is 268 g/mol. The van der Waals surface area contributed by atoms with Gasteiger partial charge in [0.15, 0.2) is 0 Å². The van der Waals surface area contributed by atoms with Crippen LogP contribution in [0.2, 0.25) is 0 Å². The molecule has 4 nitrogen and oxygen atoms in total. The van der Waals surface area contributed by atoms with Gasteiger partial charge < -0.3 is 15.4 Å². The summed E-state index contributed by atoms with van der Waals surface area (Å²) >= 11 is 0. The first-order valence-corrected chi connectivity index (χ1v) is 6.56. The number of halogens is 1. The van der Waals surface area contributed by atoms with Crippen molar-refractivity contribution in [2.24, 2.45) is 0 Å². The number of urea groups is 1. The quantitative estimate of drug-likeness (QED) is 0.711. The van der Waals surface area contributed by atoms with Crippen molar-refractivity contribution < 1.29 is 13.9 Å². The first-order valence-electron chi connectivity index (χ1n) is 6.56. The van der Waals surface area contributed by atoms with E-state index < -0.39 is 0 Å². The summed E-state index contributed by atoms with van der Waals surface area (Å²) in [6, 6.07) is 5.82. The van der Waals surface area contributed by atoms with E-state index in [1.54, 1.807) is 12.1 Å². The molecule has 0 saturated carbocycles. The molecule has 1 rings (SSSR count). The molecule has 0 aliphatic carbocycles. The summed E-state index contributed by atoms with van der Waals surface area (Å²) in [7, 11) is 0. The summed E-state index contributed by atoms with van der Waals surface area (Å²) in [4.78, 5) is 11.4. The predicted octanol–water partition coefficient (Wildman–Crippen LogP) is 2.44. The van der Waals surface area contributed by atoms with E-state index in [1.165, 1.54) is 12.1 Å². The minimum absolute atomic E-state index is 0.222. The number of nitrogens with one attached hydrogen (secondary N) is 2. The van der Waals surface area contributed by atoms with E-state index in [0.29, 0.717) is 19.7 Å². The zero-order valence-electron chi connectivity index (χ0n) is 11.2. The molecule has 0 aromatic heterocycles. The number of hydrogen-bond acceptors (Lipinski definition) is 2. The first-order chi connectivity index (χ1) is 9.22. The number of carbonyl (C=O) groups is 1. The van der Waals surface area contributed by atoms with Crippen LogP contribution in [-0.4, -0.2) is 25.8 Å². The number of benzene rings is 1. The molecular formula is C14H21FN2O2. The maximum atomic E-state index is 12.7. The standard InChI is InChI=1S/C14H21FN2O2/c1-2-9-19-10-3-8-16-14(18)17-11-12-4-6-13(15)7-5-12/h4-7H,2-3,8-11H2,1H3,(H2,16,17,18). The molecule has 19 heavy (non-hydrogen) atoms. The zero-order valence-corrected chi connectivity index (χ0v) is 11.2. The van der Waals surface area contributed by atoms with Crippen LogP contribution in [0.25, 0.3) is 0 Å². The van der Waals surface area contributed by atoms with Gasteiger partial charge in [0.1, 0.15) is 5.82 Å². The van der Waals surface area contributed by atoms with Gasteiger partial charge in [0.2, 0.25) is 0 Å². The SMILES string of the molecule is CCCOCCCNC(=O)NCc1ccc(F)cc1. The van der Waals surface area contributed by atoms with Crippen LogP contribution in [-0.2, 0) is 11.3 Å². The van der Waals surface area contributed by atoms with Crippen molar-refractivity contribution in [2.45, 2.75) is 26.3 Å². The molecule has 2 amide bonds. The van der Waals surface area contributed by atoms with Crippen LogP contribution < -0.4 is 10.6 Å². The summed E-state index contributed by atoms with van der Waals surface area (Å²) in [5.41, 5.74) is 0.864. The third-order valence-corrected chi connectivity index (χ3v) is 2.47. The summed E-state index contributed by atoms with van der Waals surface area (Å²) in [5, 5.41) is 5.44. The summed E-state index contributed by atoms with van der Waals surface area (Å²) in [5.74, 6) is -0.278. The Hall–Kier alpha value is -1.62. The predicted molar refractivity (Wildman–Crippen MR) is 72.4 cm³/mol.